The Morgan fingerprint density at radius 1 is 0.679 bits per heavy atom. The molecule has 0 aliphatic heterocycles. The van der Waals surface area contributed by atoms with Crippen molar-refractivity contribution in [3.63, 3.8) is 0 Å². The molecule has 0 aliphatic carbocycles. The third kappa shape index (κ3) is 13.7. The third-order valence-electron chi connectivity index (χ3n) is 7.35. The fourth-order valence-electron chi connectivity index (χ4n) is 4.37. The average molecular weight is 1460 g/mol. The topological polar surface area (TPSA) is 307 Å². The highest BCUT2D eigenvalue weighted by Crippen LogP contribution is 2.38. The molecule has 0 saturated heterocycles. The van der Waals surface area contributed by atoms with E-state index in [0.717, 1.165) is 0 Å². The van der Waals surface area contributed by atoms with Crippen molar-refractivity contribution in [3.8, 4) is 0 Å². The second kappa shape index (κ2) is 25.2. The Morgan fingerprint density at radius 3 is 1.61 bits per heavy atom. The van der Waals surface area contributed by atoms with Crippen molar-refractivity contribution in [1.82, 2.24) is 21.3 Å². The SMILES string of the molecule is CNC(=O)c1c(I)c(C(=O)NCC(=O)Nc2c(I)c(C(=O)O)c(I)c(C(=O)NCCO)c2I)c(I)c(N(C)C(C)=O)c1I.CNC[C@@H](O)[C@H](O)[C@@H](O)[C@@H](O)CO. The Hall–Kier alpha value is -0.640. The molecule has 4 atom stereocenters. The van der Waals surface area contributed by atoms with Gasteiger partial charge in [0.1, 0.15) is 18.3 Å². The molecular weight excluding hydrogens is 1430 g/mol. The summed E-state index contributed by atoms with van der Waals surface area (Å²) in [7, 11) is 4.53. The Bertz CT molecular complexity index is 1820. The van der Waals surface area contributed by atoms with Crippen molar-refractivity contribution in [2.24, 2.45) is 0 Å². The summed E-state index contributed by atoms with van der Waals surface area (Å²) in [6, 6.07) is 0. The number of aliphatic hydroxyl groups is 6. The molecule has 2 aromatic carbocycles. The Morgan fingerprint density at radius 2 is 1.14 bits per heavy atom. The second-order valence-electron chi connectivity index (χ2n) is 11.1. The van der Waals surface area contributed by atoms with E-state index in [0.29, 0.717) is 16.4 Å². The standard InChI is InChI=1S/C24H21I6N5O8.C7H17NO5/c1-7(37)35(3)20-17(29)10(21(39)31-2)13(25)11(18(20)30)23(41)33-6-8(38)34-19-15(27)9(22(40)32-4-5-36)14(26)12(16(19)28)24(42)43;1-8-2-4(10)6(12)7(13)5(11)3-9/h36H,4-6H2,1-3H3,(H,31,39)(H,32,40)(H,33,41)(H,34,38)(H,42,43);4-13H,2-3H2,1H3/t;4-,5+,6+,7+/m.1/s1. The first-order valence-corrected chi connectivity index (χ1v) is 22.1. The van der Waals surface area contributed by atoms with Gasteiger partial charge in [-0.1, -0.05) is 0 Å². The van der Waals surface area contributed by atoms with Crippen LogP contribution in [0.2, 0.25) is 0 Å². The van der Waals surface area contributed by atoms with Crippen LogP contribution in [0.25, 0.3) is 0 Å². The zero-order valence-electron chi connectivity index (χ0n) is 29.6. The fraction of sp³-hybridized carbons (Fsp3) is 0.419. The summed E-state index contributed by atoms with van der Waals surface area (Å²) in [6.07, 6.45) is -5.65. The van der Waals surface area contributed by atoms with Crippen LogP contribution in [0.3, 0.4) is 0 Å². The minimum atomic E-state index is -1.55. The van der Waals surface area contributed by atoms with Gasteiger partial charge in [0.05, 0.1) is 73.8 Å². The summed E-state index contributed by atoms with van der Waals surface area (Å²) < 4.78 is 1.76. The van der Waals surface area contributed by atoms with Crippen LogP contribution in [0.5, 0.6) is 0 Å². The van der Waals surface area contributed by atoms with Crippen LogP contribution in [0.4, 0.5) is 11.4 Å². The van der Waals surface area contributed by atoms with Crippen molar-refractivity contribution >= 4 is 182 Å². The minimum absolute atomic E-state index is 0.0126. The smallest absolute Gasteiger partial charge is 0.337 e. The molecule has 5 amide bonds. The quantitative estimate of drug-likeness (QED) is 0.0993. The molecule has 312 valence electrons. The molecule has 0 fully saturated rings. The Balaban J connectivity index is 0.00000103. The van der Waals surface area contributed by atoms with Gasteiger partial charge < -0.3 is 67.2 Å². The van der Waals surface area contributed by atoms with Crippen LogP contribution in [0.1, 0.15) is 48.4 Å². The van der Waals surface area contributed by atoms with Crippen LogP contribution in [0.15, 0.2) is 0 Å². The van der Waals surface area contributed by atoms with Gasteiger partial charge in [0.2, 0.25) is 11.8 Å². The molecule has 56 heavy (non-hydrogen) atoms. The maximum Gasteiger partial charge on any atom is 0.337 e. The van der Waals surface area contributed by atoms with E-state index in [9.17, 15) is 39.0 Å². The zero-order valence-corrected chi connectivity index (χ0v) is 42.6. The van der Waals surface area contributed by atoms with Crippen molar-refractivity contribution in [2.75, 3.05) is 64.2 Å². The van der Waals surface area contributed by atoms with Crippen LogP contribution in [-0.2, 0) is 9.59 Å². The van der Waals surface area contributed by atoms with E-state index < -0.39 is 67.2 Å². The second-order valence-corrected chi connectivity index (χ2v) is 17.6. The summed E-state index contributed by atoms with van der Waals surface area (Å²) in [5, 5.41) is 76.5. The molecule has 0 bridgehead atoms. The number of rotatable bonds is 16. The number of aromatic carboxylic acids is 1. The molecule has 0 unspecified atom stereocenters. The lowest BCUT2D eigenvalue weighted by molar-refractivity contribution is -0.116. The molecular formula is C31H38I6N6O13. The average Bonchev–Trinajstić information content (AvgIpc) is 3.13. The van der Waals surface area contributed by atoms with Gasteiger partial charge in [-0.25, -0.2) is 4.79 Å². The van der Waals surface area contributed by atoms with E-state index in [2.05, 4.69) is 26.6 Å². The van der Waals surface area contributed by atoms with Gasteiger partial charge in [0.15, 0.2) is 0 Å². The lowest BCUT2D eigenvalue weighted by Gasteiger charge is -2.25. The predicted molar refractivity (Wildman–Crippen MR) is 254 cm³/mol. The van der Waals surface area contributed by atoms with E-state index in [-0.39, 0.29) is 64.3 Å². The number of carbonyl (C=O) groups excluding carboxylic acids is 5. The number of hydrogen-bond acceptors (Lipinski definition) is 13. The van der Waals surface area contributed by atoms with Crippen molar-refractivity contribution in [2.45, 2.75) is 31.3 Å². The number of carboxylic acid groups (broad SMARTS) is 1. The predicted octanol–water partition coefficient (Wildman–Crippen LogP) is 0.0870. The van der Waals surface area contributed by atoms with Crippen molar-refractivity contribution in [1.29, 1.82) is 0 Å². The highest BCUT2D eigenvalue weighted by Gasteiger charge is 2.32. The van der Waals surface area contributed by atoms with Gasteiger partial charge in [0, 0.05) is 41.2 Å². The summed E-state index contributed by atoms with van der Waals surface area (Å²) in [4.78, 5) is 77.6. The van der Waals surface area contributed by atoms with Crippen LogP contribution in [-0.4, -0.2) is 150 Å². The number of aliphatic hydroxyl groups excluding tert-OH is 6. The maximum absolute atomic E-state index is 13.4. The first kappa shape index (κ1) is 53.4. The molecule has 0 aliphatic rings. The molecule has 12 N–H and O–H groups in total. The number of amides is 5. The van der Waals surface area contributed by atoms with Crippen LogP contribution < -0.4 is 31.5 Å². The molecule has 0 heterocycles. The molecule has 0 spiro atoms. The normalized spacial score (nSPS) is 12.9. The first-order valence-electron chi connectivity index (χ1n) is 15.6. The fourth-order valence-corrected chi connectivity index (χ4v) is 13.6. The van der Waals surface area contributed by atoms with E-state index in [4.69, 9.17) is 25.5 Å². The zero-order chi connectivity index (χ0) is 43.4. The van der Waals surface area contributed by atoms with Crippen molar-refractivity contribution < 1.29 is 64.5 Å². The van der Waals surface area contributed by atoms with Crippen LogP contribution >= 0.6 is 136 Å². The van der Waals surface area contributed by atoms with Gasteiger partial charge in [0.25, 0.3) is 17.7 Å². The molecule has 0 aromatic heterocycles. The molecule has 0 radical (unpaired) electrons. The Kier molecular flexibility index (Phi) is 24.0. The number of carboxylic acids is 1. The molecule has 25 heteroatoms. The number of carbonyl (C=O) groups is 6. The van der Waals surface area contributed by atoms with E-state index >= 15 is 0 Å². The maximum atomic E-state index is 13.4. The summed E-state index contributed by atoms with van der Waals surface area (Å²) in [5.41, 5.74) is 0.529. The van der Waals surface area contributed by atoms with Gasteiger partial charge in [-0.15, -0.1) is 0 Å². The Labute approximate surface area is 402 Å². The molecule has 19 nitrogen and oxygen atoms in total. The van der Waals surface area contributed by atoms with E-state index in [1.54, 1.807) is 52.2 Å². The molecule has 2 rings (SSSR count). The van der Waals surface area contributed by atoms with Crippen molar-refractivity contribution in [3.05, 3.63) is 43.7 Å². The summed E-state index contributed by atoms with van der Waals surface area (Å²) in [6.45, 7) is -0.154. The third-order valence-corrected chi connectivity index (χ3v) is 13.8. The monoisotopic (exact) mass is 1460 g/mol. The van der Waals surface area contributed by atoms with Gasteiger partial charge >= 0.3 is 5.97 Å². The summed E-state index contributed by atoms with van der Waals surface area (Å²) >= 11 is 11.1. The largest absolute Gasteiger partial charge is 0.478 e. The lowest BCUT2D eigenvalue weighted by atomic mass is 10.0. The van der Waals surface area contributed by atoms with Gasteiger partial charge in [-0.2, -0.15) is 0 Å². The number of nitrogens with one attached hydrogen (secondary N) is 5. The lowest BCUT2D eigenvalue weighted by Crippen LogP contribution is -2.48. The number of likely N-dealkylation sites (N-methyl/N-ethyl adjacent to an activating group) is 1. The number of halogens is 6. The number of nitrogens with zero attached hydrogens (tertiary/aromatic N) is 1. The van der Waals surface area contributed by atoms with E-state index in [1.165, 1.54) is 25.9 Å². The number of benzene rings is 2. The minimum Gasteiger partial charge on any atom is -0.478 e. The first-order chi connectivity index (χ1) is 26.1. The van der Waals surface area contributed by atoms with Crippen LogP contribution in [0, 0.1) is 21.4 Å². The number of anilines is 2. The highest BCUT2D eigenvalue weighted by atomic mass is 127. The summed E-state index contributed by atoms with van der Waals surface area (Å²) in [5.74, 6) is -4.14. The van der Waals surface area contributed by atoms with Gasteiger partial charge in [-0.05, 0) is 143 Å². The van der Waals surface area contributed by atoms with Gasteiger partial charge in [-0.3, -0.25) is 24.0 Å². The van der Waals surface area contributed by atoms with E-state index in [1.807, 2.05) is 90.4 Å². The molecule has 0 saturated carbocycles. The number of hydrogen-bond donors (Lipinski definition) is 12. The highest BCUT2D eigenvalue weighted by molar-refractivity contribution is 14.1. The molecule has 2 aromatic rings.